The average Bonchev–Trinajstić information content (AvgIpc) is 3.32. The summed E-state index contributed by atoms with van der Waals surface area (Å²) in [5.74, 6) is 1.26. The molecule has 2 N–H and O–H groups in total. The van der Waals surface area contributed by atoms with E-state index < -0.39 is 0 Å². The molecule has 32 heavy (non-hydrogen) atoms. The molecule has 4 rings (SSSR count). The Kier molecular flexibility index (Phi) is 7.09. The highest BCUT2D eigenvalue weighted by atomic mass is 16.5. The Hall–Kier alpha value is -3.29. The third kappa shape index (κ3) is 5.30. The Labute approximate surface area is 188 Å². The Balaban J connectivity index is 1.39. The molecule has 1 aromatic heterocycles. The first kappa shape index (κ1) is 21.9. The van der Waals surface area contributed by atoms with E-state index in [2.05, 4.69) is 15.6 Å². The molecule has 2 aromatic rings. The summed E-state index contributed by atoms with van der Waals surface area (Å²) < 4.78 is 11.5. The monoisotopic (exact) mass is 438 g/mol. The number of carbonyl (C=O) groups excluding carboxylic acids is 2. The minimum atomic E-state index is -0.346. The highest BCUT2D eigenvalue weighted by Crippen LogP contribution is 2.33. The topological polar surface area (TPSA) is 92.8 Å². The molecule has 0 unspecified atom stereocenters. The van der Waals surface area contributed by atoms with Crippen molar-refractivity contribution in [3.05, 3.63) is 42.1 Å². The van der Waals surface area contributed by atoms with Gasteiger partial charge in [0.05, 0.1) is 12.8 Å². The molecule has 2 heterocycles. The van der Waals surface area contributed by atoms with Gasteiger partial charge in [0.25, 0.3) is 0 Å². The number of aromatic nitrogens is 1. The smallest absolute Gasteiger partial charge is 0.319 e. The van der Waals surface area contributed by atoms with E-state index in [1.165, 1.54) is 12.8 Å². The molecule has 8 heteroatoms. The highest BCUT2D eigenvalue weighted by molar-refractivity contribution is 5.97. The van der Waals surface area contributed by atoms with Crippen molar-refractivity contribution in [2.45, 2.75) is 57.6 Å². The SMILES string of the molecule is COc1ccc(NC(=O)NCc2cccnc2OC2CCCC2)cc1N1CCCCC1=O. The van der Waals surface area contributed by atoms with Gasteiger partial charge in [-0.1, -0.05) is 6.07 Å². The average molecular weight is 439 g/mol. The summed E-state index contributed by atoms with van der Waals surface area (Å²) in [6.07, 6.45) is 8.73. The van der Waals surface area contributed by atoms with Crippen LogP contribution < -0.4 is 25.0 Å². The van der Waals surface area contributed by atoms with E-state index in [1.807, 2.05) is 12.1 Å². The first-order valence-electron chi connectivity index (χ1n) is 11.3. The van der Waals surface area contributed by atoms with Crippen LogP contribution in [0.25, 0.3) is 0 Å². The number of pyridine rings is 1. The molecule has 1 aromatic carbocycles. The van der Waals surface area contributed by atoms with Crippen molar-refractivity contribution in [3.8, 4) is 11.6 Å². The van der Waals surface area contributed by atoms with Crippen LogP contribution in [0.3, 0.4) is 0 Å². The molecule has 8 nitrogen and oxygen atoms in total. The van der Waals surface area contributed by atoms with Crippen LogP contribution in [-0.2, 0) is 11.3 Å². The van der Waals surface area contributed by atoms with Crippen LogP contribution in [0.1, 0.15) is 50.5 Å². The van der Waals surface area contributed by atoms with Gasteiger partial charge in [0.2, 0.25) is 11.8 Å². The first-order valence-corrected chi connectivity index (χ1v) is 11.3. The molecule has 1 saturated heterocycles. The van der Waals surface area contributed by atoms with E-state index in [4.69, 9.17) is 9.47 Å². The number of anilines is 2. The van der Waals surface area contributed by atoms with Crippen molar-refractivity contribution in [2.75, 3.05) is 23.9 Å². The van der Waals surface area contributed by atoms with Gasteiger partial charge in [-0.05, 0) is 62.8 Å². The highest BCUT2D eigenvalue weighted by Gasteiger charge is 2.23. The van der Waals surface area contributed by atoms with E-state index in [0.717, 1.165) is 31.2 Å². The van der Waals surface area contributed by atoms with Gasteiger partial charge in [0.1, 0.15) is 11.9 Å². The fourth-order valence-electron chi connectivity index (χ4n) is 4.22. The lowest BCUT2D eigenvalue weighted by Gasteiger charge is -2.28. The molecule has 2 aliphatic rings. The van der Waals surface area contributed by atoms with Crippen molar-refractivity contribution >= 4 is 23.3 Å². The number of nitrogens with zero attached hydrogens (tertiary/aromatic N) is 2. The third-order valence-electron chi connectivity index (χ3n) is 5.92. The van der Waals surface area contributed by atoms with Gasteiger partial charge in [-0.3, -0.25) is 4.79 Å². The largest absolute Gasteiger partial charge is 0.495 e. The Morgan fingerprint density at radius 2 is 2.03 bits per heavy atom. The summed E-state index contributed by atoms with van der Waals surface area (Å²) in [5.41, 5.74) is 2.10. The second kappa shape index (κ2) is 10.3. The lowest BCUT2D eigenvalue weighted by molar-refractivity contribution is -0.119. The molecule has 3 amide bonds. The predicted molar refractivity (Wildman–Crippen MR) is 122 cm³/mol. The number of hydrogen-bond donors (Lipinski definition) is 2. The van der Waals surface area contributed by atoms with Crippen LogP contribution in [0.4, 0.5) is 16.2 Å². The molecular weight excluding hydrogens is 408 g/mol. The number of ether oxygens (including phenoxy) is 2. The molecular formula is C24H30N4O4. The van der Waals surface area contributed by atoms with Crippen molar-refractivity contribution in [1.82, 2.24) is 10.3 Å². The maximum Gasteiger partial charge on any atom is 0.319 e. The Morgan fingerprint density at radius 1 is 1.19 bits per heavy atom. The molecule has 0 bridgehead atoms. The molecule has 1 aliphatic carbocycles. The second-order valence-electron chi connectivity index (χ2n) is 8.19. The van der Waals surface area contributed by atoms with Gasteiger partial charge in [-0.2, -0.15) is 0 Å². The minimum Gasteiger partial charge on any atom is -0.495 e. The number of hydrogen-bond acceptors (Lipinski definition) is 5. The number of benzene rings is 1. The normalized spacial score (nSPS) is 16.7. The lowest BCUT2D eigenvalue weighted by atomic mass is 10.1. The second-order valence-corrected chi connectivity index (χ2v) is 8.19. The van der Waals surface area contributed by atoms with Crippen molar-refractivity contribution in [2.24, 2.45) is 0 Å². The summed E-state index contributed by atoms with van der Waals surface area (Å²) in [7, 11) is 1.58. The zero-order valence-electron chi connectivity index (χ0n) is 18.4. The fourth-order valence-corrected chi connectivity index (χ4v) is 4.22. The number of urea groups is 1. The summed E-state index contributed by atoms with van der Waals surface area (Å²) >= 11 is 0. The van der Waals surface area contributed by atoms with E-state index in [1.54, 1.807) is 36.4 Å². The van der Waals surface area contributed by atoms with Gasteiger partial charge >= 0.3 is 6.03 Å². The van der Waals surface area contributed by atoms with Crippen molar-refractivity contribution in [3.63, 3.8) is 0 Å². The zero-order valence-corrected chi connectivity index (χ0v) is 18.4. The maximum atomic E-state index is 12.6. The zero-order chi connectivity index (χ0) is 22.3. The van der Waals surface area contributed by atoms with Gasteiger partial charge in [-0.15, -0.1) is 0 Å². The number of amides is 3. The van der Waals surface area contributed by atoms with E-state index in [9.17, 15) is 9.59 Å². The molecule has 170 valence electrons. The minimum absolute atomic E-state index is 0.0718. The molecule has 1 aliphatic heterocycles. The van der Waals surface area contributed by atoms with E-state index >= 15 is 0 Å². The van der Waals surface area contributed by atoms with E-state index in [0.29, 0.717) is 42.5 Å². The van der Waals surface area contributed by atoms with Gasteiger partial charge in [-0.25, -0.2) is 9.78 Å². The fraction of sp³-hybridized carbons (Fsp3) is 0.458. The van der Waals surface area contributed by atoms with Crippen LogP contribution in [0, 0.1) is 0 Å². The van der Waals surface area contributed by atoms with Gasteiger partial charge in [0.15, 0.2) is 0 Å². The maximum absolute atomic E-state index is 12.6. The third-order valence-corrected chi connectivity index (χ3v) is 5.92. The van der Waals surface area contributed by atoms with Crippen LogP contribution in [0.15, 0.2) is 36.5 Å². The summed E-state index contributed by atoms with van der Waals surface area (Å²) in [6.45, 7) is 0.949. The molecule has 0 atom stereocenters. The van der Waals surface area contributed by atoms with E-state index in [-0.39, 0.29) is 18.0 Å². The molecule has 0 radical (unpaired) electrons. The van der Waals surface area contributed by atoms with Crippen molar-refractivity contribution < 1.29 is 19.1 Å². The molecule has 1 saturated carbocycles. The summed E-state index contributed by atoms with van der Waals surface area (Å²) in [6, 6.07) is 8.70. The Bertz CT molecular complexity index is 959. The van der Waals surface area contributed by atoms with Crippen LogP contribution >= 0.6 is 0 Å². The molecule has 0 spiro atoms. The van der Waals surface area contributed by atoms with Crippen LogP contribution in [0.5, 0.6) is 11.6 Å². The standard InChI is InChI=1S/C24H30N4O4/c1-31-21-12-11-18(15-20(21)28-14-5-4-10-22(28)29)27-24(30)26-16-17-7-6-13-25-23(17)32-19-8-2-3-9-19/h6-7,11-13,15,19H,2-5,8-10,14,16H2,1H3,(H2,26,27,30). The molecule has 2 fully saturated rings. The number of nitrogens with one attached hydrogen (secondary N) is 2. The number of carbonyl (C=O) groups is 2. The predicted octanol–water partition coefficient (Wildman–Crippen LogP) is 4.25. The van der Waals surface area contributed by atoms with Crippen molar-refractivity contribution in [1.29, 1.82) is 0 Å². The van der Waals surface area contributed by atoms with Gasteiger partial charge < -0.3 is 25.0 Å². The quantitative estimate of drug-likeness (QED) is 0.674. The number of rotatable bonds is 7. The number of piperidine rings is 1. The van der Waals surface area contributed by atoms with Gasteiger partial charge in [0, 0.05) is 37.0 Å². The summed E-state index contributed by atoms with van der Waals surface area (Å²) in [5, 5.41) is 5.71. The number of methoxy groups -OCH3 is 1. The Morgan fingerprint density at radius 3 is 2.81 bits per heavy atom. The van der Waals surface area contributed by atoms with Crippen LogP contribution in [-0.4, -0.2) is 36.7 Å². The summed E-state index contributed by atoms with van der Waals surface area (Å²) in [4.78, 5) is 31.0. The van der Waals surface area contributed by atoms with Crippen LogP contribution in [0.2, 0.25) is 0 Å². The lowest BCUT2D eigenvalue weighted by Crippen LogP contribution is -2.35. The first-order chi connectivity index (χ1) is 15.6.